The van der Waals surface area contributed by atoms with Crippen LogP contribution in [0.25, 0.3) is 73.6 Å². The quantitative estimate of drug-likeness (QED) is 0.171. The summed E-state index contributed by atoms with van der Waals surface area (Å²) in [6, 6.07) is 51.7. The van der Waals surface area contributed by atoms with Crippen molar-refractivity contribution in [2.24, 2.45) is 0 Å². The molecule has 0 N–H and O–H groups in total. The summed E-state index contributed by atoms with van der Waals surface area (Å²) in [5, 5.41) is 2.54. The zero-order chi connectivity index (χ0) is 38.2. The number of hydrogen-bond acceptors (Lipinski definition) is 3. The highest BCUT2D eigenvalue weighted by molar-refractivity contribution is 5.84. The Labute approximate surface area is 330 Å². The topological polar surface area (TPSA) is 38.7 Å². The van der Waals surface area contributed by atoms with E-state index in [4.69, 9.17) is 15.0 Å². The average molecular weight is 724 g/mol. The summed E-state index contributed by atoms with van der Waals surface area (Å²) < 4.78 is 0. The predicted molar refractivity (Wildman–Crippen MR) is 234 cm³/mol. The van der Waals surface area contributed by atoms with Gasteiger partial charge in [0.2, 0.25) is 0 Å². The molecule has 0 atom stereocenters. The number of hydrogen-bond donors (Lipinski definition) is 0. The number of benzene rings is 6. The van der Waals surface area contributed by atoms with E-state index >= 15 is 0 Å². The highest BCUT2D eigenvalue weighted by atomic mass is 15.0. The molecule has 3 heteroatoms. The molecule has 0 bridgehead atoms. The van der Waals surface area contributed by atoms with E-state index in [1.165, 1.54) is 66.1 Å². The highest BCUT2D eigenvalue weighted by Gasteiger charge is 2.35. The molecule has 0 fully saturated rings. The Hall–Kier alpha value is -6.45. The van der Waals surface area contributed by atoms with Crippen LogP contribution in [0.3, 0.4) is 0 Å². The van der Waals surface area contributed by atoms with Crippen LogP contribution in [0.4, 0.5) is 0 Å². The number of nitrogens with zero attached hydrogens (tertiary/aromatic N) is 3. The third-order valence-electron chi connectivity index (χ3n) is 11.8. The van der Waals surface area contributed by atoms with E-state index in [1.54, 1.807) is 0 Å². The first-order chi connectivity index (χ1) is 27.4. The van der Waals surface area contributed by atoms with Crippen molar-refractivity contribution in [2.45, 2.75) is 52.4 Å². The molecule has 2 aliphatic carbocycles. The molecular weight excluding hydrogens is 679 g/mol. The van der Waals surface area contributed by atoms with E-state index in [9.17, 15) is 0 Å². The molecule has 0 radical (unpaired) electrons. The van der Waals surface area contributed by atoms with Crippen LogP contribution in [-0.4, -0.2) is 15.0 Å². The van der Waals surface area contributed by atoms with Gasteiger partial charge in [0.05, 0.1) is 0 Å². The molecule has 0 saturated carbocycles. The van der Waals surface area contributed by atoms with E-state index in [2.05, 4.69) is 131 Å². The molecule has 0 spiro atoms. The van der Waals surface area contributed by atoms with Gasteiger partial charge in [0.1, 0.15) is 0 Å². The van der Waals surface area contributed by atoms with Crippen LogP contribution >= 0.6 is 0 Å². The minimum atomic E-state index is -0.00487. The molecule has 3 nitrogen and oxygen atoms in total. The summed E-state index contributed by atoms with van der Waals surface area (Å²) in [4.78, 5) is 14.8. The lowest BCUT2D eigenvalue weighted by Gasteiger charge is -2.22. The molecule has 0 amide bonds. The zero-order valence-electron chi connectivity index (χ0n) is 32.6. The highest BCUT2D eigenvalue weighted by Crippen LogP contribution is 2.49. The fraction of sp³-hybridized carbons (Fsp3) is 0.151. The lowest BCUT2D eigenvalue weighted by atomic mass is 9.81. The van der Waals surface area contributed by atoms with Gasteiger partial charge in [0.25, 0.3) is 0 Å². The number of rotatable bonds is 6. The second-order valence-electron chi connectivity index (χ2n) is 15.5. The summed E-state index contributed by atoms with van der Waals surface area (Å²) in [6.45, 7) is 9.18. The second-order valence-corrected chi connectivity index (χ2v) is 15.5. The first-order valence-corrected chi connectivity index (χ1v) is 19.8. The Morgan fingerprint density at radius 1 is 0.518 bits per heavy atom. The van der Waals surface area contributed by atoms with Gasteiger partial charge in [-0.05, 0) is 105 Å². The van der Waals surface area contributed by atoms with Crippen LogP contribution < -0.4 is 10.4 Å². The van der Waals surface area contributed by atoms with Crippen molar-refractivity contribution in [2.75, 3.05) is 0 Å². The summed E-state index contributed by atoms with van der Waals surface area (Å²) >= 11 is 0. The maximum atomic E-state index is 4.96. The summed E-state index contributed by atoms with van der Waals surface area (Å²) in [5.74, 6) is 1.99. The standard InChI is InChI=1S/C53H45N3/c1-5-36-20-15-24-44(39-28-30-42(31-29-39)52-55-50(40-16-8-6-9-17-40)54-51(56-52)41-18-10-7-11-19-41)49(36)35(2)37-21-14-22-38(27-26-37)43-32-33-46-45-23-12-13-25-47(45)53(3,4)48(46)34-43/h5-13,15-20,23-34H,14,21-22H2,1-4H3/b36-5-,49-35-. The van der Waals surface area contributed by atoms with Gasteiger partial charge in [0, 0.05) is 22.1 Å². The minimum Gasteiger partial charge on any atom is -0.208 e. The van der Waals surface area contributed by atoms with Gasteiger partial charge in [0.15, 0.2) is 17.5 Å². The van der Waals surface area contributed by atoms with Crippen LogP contribution in [0.1, 0.15) is 63.6 Å². The van der Waals surface area contributed by atoms with Crippen molar-refractivity contribution in [1.29, 1.82) is 0 Å². The zero-order valence-corrected chi connectivity index (χ0v) is 32.6. The van der Waals surface area contributed by atoms with Crippen molar-refractivity contribution >= 4 is 17.2 Å². The smallest absolute Gasteiger partial charge is 0.164 e. The lowest BCUT2D eigenvalue weighted by Crippen LogP contribution is -2.29. The molecule has 1 aromatic heterocycles. The SMILES string of the molecule is C/C=c1/cccc(-c2ccc(-c3nc(-c4ccccc4)nc(-c4ccccc4)n3)cc2)/c1=C(/C)C1=CC=C(c2ccc3c(c2)C(C)(C)c2ccccc2-3)CCC1. The number of aromatic nitrogens is 3. The number of fused-ring (bicyclic) bond motifs is 3. The van der Waals surface area contributed by atoms with Crippen LogP contribution in [0.5, 0.6) is 0 Å². The van der Waals surface area contributed by atoms with Crippen LogP contribution in [0.2, 0.25) is 0 Å². The third-order valence-corrected chi connectivity index (χ3v) is 11.8. The van der Waals surface area contributed by atoms with Crippen LogP contribution in [-0.2, 0) is 5.41 Å². The molecule has 2 aliphatic rings. The molecule has 0 unspecified atom stereocenters. The molecule has 7 aromatic rings. The van der Waals surface area contributed by atoms with E-state index in [0.717, 1.165) is 36.0 Å². The fourth-order valence-corrected chi connectivity index (χ4v) is 8.66. The molecule has 56 heavy (non-hydrogen) atoms. The monoisotopic (exact) mass is 723 g/mol. The van der Waals surface area contributed by atoms with Gasteiger partial charge >= 0.3 is 0 Å². The fourth-order valence-electron chi connectivity index (χ4n) is 8.66. The number of allylic oxidation sites excluding steroid dienone is 4. The van der Waals surface area contributed by atoms with Gasteiger partial charge in [-0.2, -0.15) is 0 Å². The predicted octanol–water partition coefficient (Wildman–Crippen LogP) is 12.0. The van der Waals surface area contributed by atoms with E-state index < -0.39 is 0 Å². The van der Waals surface area contributed by atoms with Crippen molar-refractivity contribution in [3.8, 4) is 56.4 Å². The Morgan fingerprint density at radius 3 is 1.73 bits per heavy atom. The molecule has 1 heterocycles. The van der Waals surface area contributed by atoms with Gasteiger partial charge in [-0.25, -0.2) is 15.0 Å². The third kappa shape index (κ3) is 6.43. The Morgan fingerprint density at radius 2 is 1.07 bits per heavy atom. The Kier molecular flexibility index (Phi) is 9.23. The van der Waals surface area contributed by atoms with Crippen LogP contribution in [0, 0.1) is 0 Å². The lowest BCUT2D eigenvalue weighted by molar-refractivity contribution is 0.660. The van der Waals surface area contributed by atoms with Crippen molar-refractivity contribution in [3.05, 3.63) is 190 Å². The Balaban J connectivity index is 1.08. The first-order valence-electron chi connectivity index (χ1n) is 19.8. The van der Waals surface area contributed by atoms with Crippen molar-refractivity contribution < 1.29 is 0 Å². The largest absolute Gasteiger partial charge is 0.208 e. The van der Waals surface area contributed by atoms with Gasteiger partial charge < -0.3 is 0 Å². The maximum Gasteiger partial charge on any atom is 0.164 e. The normalized spacial score (nSPS) is 15.3. The molecule has 9 rings (SSSR count). The second kappa shape index (κ2) is 14.7. The van der Waals surface area contributed by atoms with Crippen molar-refractivity contribution in [3.63, 3.8) is 0 Å². The summed E-state index contributed by atoms with van der Waals surface area (Å²) in [7, 11) is 0. The first kappa shape index (κ1) is 35.3. The Bertz CT molecular complexity index is 2730. The molecule has 0 saturated heterocycles. The van der Waals surface area contributed by atoms with Crippen molar-refractivity contribution in [1.82, 2.24) is 15.0 Å². The summed E-state index contributed by atoms with van der Waals surface area (Å²) in [5.41, 5.74) is 16.4. The maximum absolute atomic E-state index is 4.96. The summed E-state index contributed by atoms with van der Waals surface area (Å²) in [6.07, 6.45) is 10.2. The van der Waals surface area contributed by atoms with E-state index in [-0.39, 0.29) is 5.41 Å². The van der Waals surface area contributed by atoms with Gasteiger partial charge in [-0.15, -0.1) is 0 Å². The minimum absolute atomic E-state index is 0.00487. The molecule has 6 aromatic carbocycles. The molecule has 0 aliphatic heterocycles. The van der Waals surface area contributed by atoms with Gasteiger partial charge in [-0.1, -0.05) is 172 Å². The average Bonchev–Trinajstić information content (AvgIpc) is 3.38. The molecular formula is C53H45N3. The van der Waals surface area contributed by atoms with E-state index in [0.29, 0.717) is 17.5 Å². The van der Waals surface area contributed by atoms with Crippen LogP contribution in [0.15, 0.2) is 163 Å². The molecule has 272 valence electrons. The van der Waals surface area contributed by atoms with Gasteiger partial charge in [-0.3, -0.25) is 0 Å². The van der Waals surface area contributed by atoms with E-state index in [1.807, 2.05) is 60.7 Å².